The highest BCUT2D eigenvalue weighted by molar-refractivity contribution is 6.29. The van der Waals surface area contributed by atoms with Crippen molar-refractivity contribution in [3.8, 4) is 5.75 Å². The quantitative estimate of drug-likeness (QED) is 0.626. The van der Waals surface area contributed by atoms with Gasteiger partial charge in [-0.1, -0.05) is 36.7 Å². The van der Waals surface area contributed by atoms with Crippen molar-refractivity contribution in [3.63, 3.8) is 0 Å². The van der Waals surface area contributed by atoms with Crippen LogP contribution in [0.4, 0.5) is 5.82 Å². The van der Waals surface area contributed by atoms with Gasteiger partial charge in [-0.3, -0.25) is 0 Å². The van der Waals surface area contributed by atoms with Crippen LogP contribution in [-0.4, -0.2) is 23.1 Å². The molecule has 0 radical (unpaired) electrons. The molecule has 0 amide bonds. The molecule has 1 aromatic heterocycles. The Labute approximate surface area is 124 Å². The molecular formula is C15H18ClN3O. The van der Waals surface area contributed by atoms with Crippen LogP contribution in [0.2, 0.25) is 5.15 Å². The molecule has 0 unspecified atom stereocenters. The van der Waals surface area contributed by atoms with Gasteiger partial charge in [0, 0.05) is 12.5 Å². The summed E-state index contributed by atoms with van der Waals surface area (Å²) in [6, 6.07) is 11.4. The smallest absolute Gasteiger partial charge is 0.134 e. The average molecular weight is 292 g/mol. The third-order valence-corrected chi connectivity index (χ3v) is 2.83. The molecule has 0 bridgehead atoms. The number of anilines is 1. The number of para-hydroxylation sites is 1. The molecule has 0 aliphatic heterocycles. The highest BCUT2D eigenvalue weighted by Gasteiger charge is 2.02. The van der Waals surface area contributed by atoms with Crippen molar-refractivity contribution in [1.29, 1.82) is 0 Å². The fourth-order valence-corrected chi connectivity index (χ4v) is 1.96. The van der Waals surface area contributed by atoms with Crippen LogP contribution in [0.15, 0.2) is 36.4 Å². The molecule has 20 heavy (non-hydrogen) atoms. The number of nitrogens with zero attached hydrogens (tertiary/aromatic N) is 2. The monoisotopic (exact) mass is 291 g/mol. The topological polar surface area (TPSA) is 47.0 Å². The summed E-state index contributed by atoms with van der Waals surface area (Å²) in [5.41, 5.74) is 0. The number of benzene rings is 1. The van der Waals surface area contributed by atoms with Crippen molar-refractivity contribution in [2.45, 2.75) is 19.8 Å². The van der Waals surface area contributed by atoms with Crippen LogP contribution >= 0.6 is 11.6 Å². The lowest BCUT2D eigenvalue weighted by Crippen LogP contribution is -2.13. The Morgan fingerprint density at radius 1 is 1.20 bits per heavy atom. The third kappa shape index (κ3) is 4.70. The van der Waals surface area contributed by atoms with Gasteiger partial charge in [-0.15, -0.1) is 0 Å². The number of nitrogens with one attached hydrogen (secondary N) is 1. The molecule has 0 aliphatic carbocycles. The van der Waals surface area contributed by atoms with Crippen LogP contribution in [-0.2, 0) is 6.42 Å². The second kappa shape index (κ2) is 7.70. The first kappa shape index (κ1) is 14.6. The normalized spacial score (nSPS) is 10.3. The number of ether oxygens (including phenoxy) is 1. The number of hydrogen-bond donors (Lipinski definition) is 1. The summed E-state index contributed by atoms with van der Waals surface area (Å²) in [6.07, 6.45) is 1.83. The van der Waals surface area contributed by atoms with E-state index >= 15 is 0 Å². The summed E-state index contributed by atoms with van der Waals surface area (Å²) in [6.45, 7) is 3.31. The van der Waals surface area contributed by atoms with E-state index in [1.807, 2.05) is 30.3 Å². The lowest BCUT2D eigenvalue weighted by Gasteiger charge is -2.09. The number of rotatable bonds is 7. The SMILES string of the molecule is CCCc1nc(Cl)cc(NCCOc2ccccc2)n1. The standard InChI is InChI=1S/C15H18ClN3O/c1-2-6-14-18-13(16)11-15(19-14)17-9-10-20-12-7-4-3-5-8-12/h3-5,7-8,11H,2,6,9-10H2,1H3,(H,17,18,19). The van der Waals surface area contributed by atoms with Gasteiger partial charge in [0.05, 0.1) is 6.54 Å². The predicted octanol–water partition coefficient (Wildman–Crippen LogP) is 3.57. The maximum atomic E-state index is 5.97. The third-order valence-electron chi connectivity index (χ3n) is 2.63. The van der Waals surface area contributed by atoms with Gasteiger partial charge in [0.25, 0.3) is 0 Å². The van der Waals surface area contributed by atoms with Gasteiger partial charge in [-0.05, 0) is 18.6 Å². The van der Waals surface area contributed by atoms with E-state index in [1.54, 1.807) is 6.07 Å². The fraction of sp³-hybridized carbons (Fsp3) is 0.333. The molecule has 106 valence electrons. The van der Waals surface area contributed by atoms with E-state index in [1.165, 1.54) is 0 Å². The van der Waals surface area contributed by atoms with Crippen molar-refractivity contribution >= 4 is 17.4 Å². The molecule has 5 heteroatoms. The Bertz CT molecular complexity index is 534. The van der Waals surface area contributed by atoms with Crippen LogP contribution in [0.5, 0.6) is 5.75 Å². The van der Waals surface area contributed by atoms with E-state index in [4.69, 9.17) is 16.3 Å². The maximum Gasteiger partial charge on any atom is 0.134 e. The first-order valence-corrected chi connectivity index (χ1v) is 7.11. The molecule has 4 nitrogen and oxygen atoms in total. The Hall–Kier alpha value is -1.81. The number of halogens is 1. The average Bonchev–Trinajstić information content (AvgIpc) is 2.45. The molecule has 0 atom stereocenters. The zero-order chi connectivity index (χ0) is 14.2. The predicted molar refractivity (Wildman–Crippen MR) is 81.5 cm³/mol. The Kier molecular flexibility index (Phi) is 5.62. The summed E-state index contributed by atoms with van der Waals surface area (Å²) in [7, 11) is 0. The van der Waals surface area contributed by atoms with E-state index in [0.29, 0.717) is 18.3 Å². The van der Waals surface area contributed by atoms with Crippen LogP contribution in [0.25, 0.3) is 0 Å². The summed E-state index contributed by atoms with van der Waals surface area (Å²) in [4.78, 5) is 8.59. The number of aryl methyl sites for hydroxylation is 1. The van der Waals surface area contributed by atoms with Gasteiger partial charge in [-0.2, -0.15) is 0 Å². The molecule has 2 rings (SSSR count). The van der Waals surface area contributed by atoms with Crippen LogP contribution < -0.4 is 10.1 Å². The molecule has 0 spiro atoms. The van der Waals surface area contributed by atoms with Crippen LogP contribution in [0.1, 0.15) is 19.2 Å². The van der Waals surface area contributed by atoms with Crippen LogP contribution in [0, 0.1) is 0 Å². The number of hydrogen-bond acceptors (Lipinski definition) is 4. The maximum absolute atomic E-state index is 5.97. The first-order valence-electron chi connectivity index (χ1n) is 6.73. The zero-order valence-electron chi connectivity index (χ0n) is 11.5. The van der Waals surface area contributed by atoms with Crippen molar-refractivity contribution in [2.24, 2.45) is 0 Å². The molecule has 0 fully saturated rings. The summed E-state index contributed by atoms with van der Waals surface area (Å²) >= 11 is 5.97. The molecule has 0 saturated heterocycles. The minimum atomic E-state index is 0.468. The first-order chi connectivity index (χ1) is 9.78. The van der Waals surface area contributed by atoms with Crippen molar-refractivity contribution in [3.05, 3.63) is 47.4 Å². The van der Waals surface area contributed by atoms with Gasteiger partial charge in [0.15, 0.2) is 0 Å². The van der Waals surface area contributed by atoms with Gasteiger partial charge in [0.2, 0.25) is 0 Å². The Morgan fingerprint density at radius 2 is 2.00 bits per heavy atom. The molecular weight excluding hydrogens is 274 g/mol. The molecule has 0 aliphatic rings. The highest BCUT2D eigenvalue weighted by atomic mass is 35.5. The Balaban J connectivity index is 1.81. The van der Waals surface area contributed by atoms with E-state index in [-0.39, 0.29) is 0 Å². The Morgan fingerprint density at radius 3 is 2.75 bits per heavy atom. The van der Waals surface area contributed by atoms with Gasteiger partial charge < -0.3 is 10.1 Å². The molecule has 1 N–H and O–H groups in total. The van der Waals surface area contributed by atoms with Crippen molar-refractivity contribution in [2.75, 3.05) is 18.5 Å². The fourth-order valence-electron chi connectivity index (χ4n) is 1.76. The van der Waals surface area contributed by atoms with E-state index in [2.05, 4.69) is 22.2 Å². The summed E-state index contributed by atoms with van der Waals surface area (Å²) in [5, 5.41) is 3.66. The van der Waals surface area contributed by atoms with Gasteiger partial charge in [-0.25, -0.2) is 9.97 Å². The van der Waals surface area contributed by atoms with Crippen molar-refractivity contribution < 1.29 is 4.74 Å². The van der Waals surface area contributed by atoms with E-state index in [9.17, 15) is 0 Å². The minimum Gasteiger partial charge on any atom is -0.492 e. The second-order valence-electron chi connectivity index (χ2n) is 4.33. The summed E-state index contributed by atoms with van der Waals surface area (Å²) in [5.74, 6) is 2.37. The lowest BCUT2D eigenvalue weighted by atomic mass is 10.3. The summed E-state index contributed by atoms with van der Waals surface area (Å²) < 4.78 is 5.60. The van der Waals surface area contributed by atoms with Crippen molar-refractivity contribution in [1.82, 2.24) is 9.97 Å². The minimum absolute atomic E-state index is 0.468. The largest absolute Gasteiger partial charge is 0.492 e. The van der Waals surface area contributed by atoms with E-state index < -0.39 is 0 Å². The number of aromatic nitrogens is 2. The van der Waals surface area contributed by atoms with Crippen LogP contribution in [0.3, 0.4) is 0 Å². The molecule has 1 heterocycles. The highest BCUT2D eigenvalue weighted by Crippen LogP contribution is 2.12. The van der Waals surface area contributed by atoms with Gasteiger partial charge in [0.1, 0.15) is 29.2 Å². The second-order valence-corrected chi connectivity index (χ2v) is 4.72. The molecule has 1 aromatic carbocycles. The molecule has 2 aromatic rings. The molecule has 0 saturated carbocycles. The van der Waals surface area contributed by atoms with E-state index in [0.717, 1.165) is 30.2 Å². The lowest BCUT2D eigenvalue weighted by molar-refractivity contribution is 0.332. The zero-order valence-corrected chi connectivity index (χ0v) is 12.2. The van der Waals surface area contributed by atoms with Gasteiger partial charge >= 0.3 is 0 Å².